The highest BCUT2D eigenvalue weighted by Crippen LogP contribution is 2.54. The van der Waals surface area contributed by atoms with E-state index in [0.717, 1.165) is 25.9 Å². The molecule has 0 radical (unpaired) electrons. The largest absolute Gasteiger partial charge is 0.464 e. The maximum Gasteiger partial charge on any atom is 0.360 e. The summed E-state index contributed by atoms with van der Waals surface area (Å²) < 4.78 is 16.2. The van der Waals surface area contributed by atoms with Crippen molar-refractivity contribution in [2.24, 2.45) is 11.8 Å². The Morgan fingerprint density at radius 3 is 3.27 bits per heavy atom. The van der Waals surface area contributed by atoms with Crippen LogP contribution in [0.25, 0.3) is 0 Å². The summed E-state index contributed by atoms with van der Waals surface area (Å²) in [6.45, 7) is 2.44. The van der Waals surface area contributed by atoms with Gasteiger partial charge in [-0.3, -0.25) is 4.90 Å². The van der Waals surface area contributed by atoms with Crippen LogP contribution in [0.2, 0.25) is 0 Å². The zero-order chi connectivity index (χ0) is 15.3. The number of methoxy groups -OCH3 is 1. The molecule has 120 valence electrons. The van der Waals surface area contributed by atoms with Crippen molar-refractivity contribution in [3.05, 3.63) is 17.8 Å². The van der Waals surface area contributed by atoms with E-state index in [4.69, 9.17) is 9.15 Å². The zero-order valence-corrected chi connectivity index (χ0v) is 12.5. The molecule has 1 aromatic heterocycles. The molecule has 2 bridgehead atoms. The molecule has 4 rings (SSSR count). The lowest BCUT2D eigenvalue weighted by atomic mass is 9.74. The molecule has 3 saturated heterocycles. The molecule has 0 saturated carbocycles. The van der Waals surface area contributed by atoms with Crippen LogP contribution in [0, 0.1) is 11.8 Å². The third-order valence-electron chi connectivity index (χ3n) is 5.37. The molecular formula is C15H20N2O5. The molecule has 0 aromatic carbocycles. The number of hydrogen-bond acceptors (Lipinski definition) is 7. The number of fused-ring (bicyclic) bond motifs is 1. The molecule has 1 aromatic rings. The van der Waals surface area contributed by atoms with Gasteiger partial charge in [0.15, 0.2) is 5.69 Å². The Bertz CT molecular complexity index is 588. The first-order valence-electron chi connectivity index (χ1n) is 7.69. The van der Waals surface area contributed by atoms with E-state index in [2.05, 4.69) is 14.6 Å². The summed E-state index contributed by atoms with van der Waals surface area (Å²) in [6.07, 6.45) is 3.66. The minimum absolute atomic E-state index is 0.101. The molecule has 7 heteroatoms. The summed E-state index contributed by atoms with van der Waals surface area (Å²) in [5.74, 6) is 0.640. The van der Waals surface area contributed by atoms with Gasteiger partial charge in [0, 0.05) is 31.5 Å². The number of carbonyl (C=O) groups is 1. The standard InChI is InChI=1S/C15H20N2O5/c1-20-14(19)11-7-21-13(16-11)5-17-4-10-9(6-18)12-2-3-15(10,8-17)22-12/h7,9-10,12,18H,2-6,8H2,1H3/t9-,10+,12+,15+/m1/s1. The maximum atomic E-state index is 11.4. The highest BCUT2D eigenvalue weighted by atomic mass is 16.5. The van der Waals surface area contributed by atoms with Crippen molar-refractivity contribution in [2.75, 3.05) is 26.8 Å². The predicted octanol–water partition coefficient (Wildman–Crippen LogP) is 0.433. The van der Waals surface area contributed by atoms with Crippen LogP contribution in [0.3, 0.4) is 0 Å². The summed E-state index contributed by atoms with van der Waals surface area (Å²) in [7, 11) is 1.32. The molecule has 4 heterocycles. The van der Waals surface area contributed by atoms with Gasteiger partial charge in [-0.1, -0.05) is 0 Å². The number of esters is 1. The number of ether oxygens (including phenoxy) is 2. The van der Waals surface area contributed by atoms with Crippen molar-refractivity contribution in [3.63, 3.8) is 0 Å². The minimum Gasteiger partial charge on any atom is -0.464 e. The summed E-state index contributed by atoms with van der Waals surface area (Å²) in [5, 5.41) is 9.62. The van der Waals surface area contributed by atoms with Crippen molar-refractivity contribution in [3.8, 4) is 0 Å². The molecular weight excluding hydrogens is 288 g/mol. The molecule has 3 fully saturated rings. The summed E-state index contributed by atoms with van der Waals surface area (Å²) in [4.78, 5) is 17.8. The number of hydrogen-bond donors (Lipinski definition) is 1. The number of nitrogens with zero attached hydrogens (tertiary/aromatic N) is 2. The smallest absolute Gasteiger partial charge is 0.360 e. The van der Waals surface area contributed by atoms with Gasteiger partial charge in [-0.05, 0) is 12.8 Å². The van der Waals surface area contributed by atoms with Gasteiger partial charge in [0.25, 0.3) is 0 Å². The molecule has 4 atom stereocenters. The van der Waals surface area contributed by atoms with E-state index in [9.17, 15) is 9.90 Å². The Kier molecular flexibility index (Phi) is 3.25. The Morgan fingerprint density at radius 1 is 1.64 bits per heavy atom. The normalized spacial score (nSPS) is 36.7. The maximum absolute atomic E-state index is 11.4. The van der Waals surface area contributed by atoms with Gasteiger partial charge in [0.05, 0.1) is 25.4 Å². The van der Waals surface area contributed by atoms with Crippen molar-refractivity contribution >= 4 is 5.97 Å². The van der Waals surface area contributed by atoms with Gasteiger partial charge in [-0.2, -0.15) is 0 Å². The first kappa shape index (κ1) is 14.2. The van der Waals surface area contributed by atoms with Crippen molar-refractivity contribution in [2.45, 2.75) is 31.1 Å². The van der Waals surface area contributed by atoms with E-state index in [-0.39, 0.29) is 29.9 Å². The van der Waals surface area contributed by atoms with Crippen LogP contribution in [-0.2, 0) is 16.0 Å². The molecule has 22 heavy (non-hydrogen) atoms. The molecule has 1 N–H and O–H groups in total. The second-order valence-corrected chi connectivity index (χ2v) is 6.50. The lowest BCUT2D eigenvalue weighted by Gasteiger charge is -2.28. The van der Waals surface area contributed by atoms with Crippen LogP contribution < -0.4 is 0 Å². The van der Waals surface area contributed by atoms with Gasteiger partial charge in [0.1, 0.15) is 6.26 Å². The summed E-state index contributed by atoms with van der Waals surface area (Å²) in [5.41, 5.74) is 0.0935. The monoisotopic (exact) mass is 308 g/mol. The predicted molar refractivity (Wildman–Crippen MR) is 74.0 cm³/mol. The quantitative estimate of drug-likeness (QED) is 0.807. The van der Waals surface area contributed by atoms with Crippen molar-refractivity contribution < 1.29 is 23.8 Å². The molecule has 1 spiro atoms. The molecule has 3 aliphatic rings. The van der Waals surface area contributed by atoms with Crippen LogP contribution >= 0.6 is 0 Å². The molecule has 0 unspecified atom stereocenters. The Morgan fingerprint density at radius 2 is 2.50 bits per heavy atom. The zero-order valence-electron chi connectivity index (χ0n) is 12.5. The third-order valence-corrected chi connectivity index (χ3v) is 5.37. The molecule has 7 nitrogen and oxygen atoms in total. The first-order chi connectivity index (χ1) is 10.6. The van der Waals surface area contributed by atoms with Crippen LogP contribution in [0.1, 0.15) is 29.2 Å². The lowest BCUT2D eigenvalue weighted by Crippen LogP contribution is -2.37. The van der Waals surface area contributed by atoms with Crippen molar-refractivity contribution in [1.82, 2.24) is 9.88 Å². The van der Waals surface area contributed by atoms with E-state index in [1.165, 1.54) is 13.4 Å². The second-order valence-electron chi connectivity index (χ2n) is 6.50. The summed E-state index contributed by atoms with van der Waals surface area (Å²) in [6, 6.07) is 0. The molecule has 0 aliphatic carbocycles. The van der Waals surface area contributed by atoms with E-state index in [1.54, 1.807) is 0 Å². The van der Waals surface area contributed by atoms with Crippen LogP contribution in [-0.4, -0.2) is 59.5 Å². The van der Waals surface area contributed by atoms with E-state index < -0.39 is 5.97 Å². The summed E-state index contributed by atoms with van der Waals surface area (Å²) >= 11 is 0. The van der Waals surface area contributed by atoms with Crippen molar-refractivity contribution in [1.29, 1.82) is 0 Å². The highest BCUT2D eigenvalue weighted by Gasteiger charge is 2.62. The Hall–Kier alpha value is -1.44. The average Bonchev–Trinajstić information content (AvgIpc) is 3.25. The lowest BCUT2D eigenvalue weighted by molar-refractivity contribution is -0.000214. The Balaban J connectivity index is 1.45. The third kappa shape index (κ3) is 2.00. The van der Waals surface area contributed by atoms with E-state index >= 15 is 0 Å². The Labute approximate surface area is 128 Å². The number of aliphatic hydroxyl groups is 1. The van der Waals surface area contributed by atoms with Gasteiger partial charge in [-0.25, -0.2) is 9.78 Å². The van der Waals surface area contributed by atoms with Crippen LogP contribution in [0.5, 0.6) is 0 Å². The topological polar surface area (TPSA) is 85.0 Å². The fraction of sp³-hybridized carbons (Fsp3) is 0.733. The number of oxazole rings is 1. The number of rotatable bonds is 4. The minimum atomic E-state index is -0.491. The average molecular weight is 308 g/mol. The first-order valence-corrected chi connectivity index (χ1v) is 7.69. The number of likely N-dealkylation sites (tertiary alicyclic amines) is 1. The van der Waals surface area contributed by atoms with E-state index in [0.29, 0.717) is 18.4 Å². The molecule has 3 aliphatic heterocycles. The van der Waals surface area contributed by atoms with Crippen LogP contribution in [0.4, 0.5) is 0 Å². The van der Waals surface area contributed by atoms with Gasteiger partial charge < -0.3 is 19.0 Å². The number of aromatic nitrogens is 1. The van der Waals surface area contributed by atoms with Gasteiger partial charge in [-0.15, -0.1) is 0 Å². The van der Waals surface area contributed by atoms with E-state index in [1.807, 2.05) is 0 Å². The number of aliphatic hydroxyl groups excluding tert-OH is 1. The SMILES string of the molecule is COC(=O)c1coc(CN2C[C@H]3[C@@H](CO)[C@@H]4CC[C@@]3(C2)O4)n1. The van der Waals surface area contributed by atoms with Gasteiger partial charge in [0.2, 0.25) is 5.89 Å². The van der Waals surface area contributed by atoms with Crippen LogP contribution in [0.15, 0.2) is 10.7 Å². The fourth-order valence-corrected chi connectivity index (χ4v) is 4.42. The second kappa shape index (κ2) is 5.04. The fourth-order valence-electron chi connectivity index (χ4n) is 4.42. The van der Waals surface area contributed by atoms with Gasteiger partial charge >= 0.3 is 5.97 Å². The number of carbonyl (C=O) groups excluding carboxylic acids is 1. The highest BCUT2D eigenvalue weighted by molar-refractivity contribution is 5.86. The molecule has 0 amide bonds.